The van der Waals surface area contributed by atoms with Gasteiger partial charge in [-0.3, -0.25) is 4.79 Å². The fourth-order valence-corrected chi connectivity index (χ4v) is 1.45. The summed E-state index contributed by atoms with van der Waals surface area (Å²) in [6.45, 7) is 2.60. The summed E-state index contributed by atoms with van der Waals surface area (Å²) in [5, 5.41) is 14.1. The maximum atomic E-state index is 11.2. The van der Waals surface area contributed by atoms with Gasteiger partial charge in [-0.2, -0.15) is 0 Å². The van der Waals surface area contributed by atoms with Gasteiger partial charge in [-0.25, -0.2) is 4.79 Å². The Morgan fingerprint density at radius 2 is 2.20 bits per heavy atom. The zero-order valence-corrected chi connectivity index (χ0v) is 8.69. The van der Waals surface area contributed by atoms with E-state index >= 15 is 0 Å². The molecule has 5 nitrogen and oxygen atoms in total. The number of carboxylic acid groups (broad SMARTS) is 1. The molecule has 0 saturated carbocycles. The van der Waals surface area contributed by atoms with Gasteiger partial charge in [0.05, 0.1) is 12.0 Å². The summed E-state index contributed by atoms with van der Waals surface area (Å²) in [6, 6.07) is -0.402. The molecule has 2 atom stereocenters. The second kappa shape index (κ2) is 5.38. The van der Waals surface area contributed by atoms with Crippen molar-refractivity contribution in [3.05, 3.63) is 12.2 Å². The molecule has 84 valence electrons. The molecule has 5 heteroatoms. The van der Waals surface area contributed by atoms with Crippen LogP contribution >= 0.6 is 0 Å². The summed E-state index contributed by atoms with van der Waals surface area (Å²) in [5.74, 6) is -1.31. The lowest BCUT2D eigenvalue weighted by molar-refractivity contribution is -0.140. The predicted molar refractivity (Wildman–Crippen MR) is 55.5 cm³/mol. The van der Waals surface area contributed by atoms with Crippen molar-refractivity contribution in [3.8, 4) is 0 Å². The minimum atomic E-state index is -0.843. The molecule has 0 aromatic carbocycles. The third-order valence-corrected chi connectivity index (χ3v) is 2.25. The molecule has 1 aliphatic rings. The van der Waals surface area contributed by atoms with Gasteiger partial charge in [0.2, 0.25) is 0 Å². The molecule has 0 fully saturated rings. The van der Waals surface area contributed by atoms with Crippen LogP contribution < -0.4 is 10.6 Å². The van der Waals surface area contributed by atoms with Crippen molar-refractivity contribution < 1.29 is 14.7 Å². The molecule has 0 spiro atoms. The van der Waals surface area contributed by atoms with Crippen LogP contribution in [0, 0.1) is 5.92 Å². The molecule has 3 N–H and O–H groups in total. The highest BCUT2D eigenvalue weighted by atomic mass is 16.4. The Labute approximate surface area is 88.5 Å². The Morgan fingerprint density at radius 3 is 2.73 bits per heavy atom. The molecule has 2 unspecified atom stereocenters. The topological polar surface area (TPSA) is 78.4 Å². The van der Waals surface area contributed by atoms with Crippen molar-refractivity contribution in [1.29, 1.82) is 0 Å². The number of hydrogen-bond donors (Lipinski definition) is 3. The van der Waals surface area contributed by atoms with E-state index in [-0.39, 0.29) is 12.1 Å². The number of hydrogen-bond acceptors (Lipinski definition) is 2. The van der Waals surface area contributed by atoms with Crippen LogP contribution in [0.25, 0.3) is 0 Å². The Hall–Kier alpha value is -1.52. The summed E-state index contributed by atoms with van der Waals surface area (Å²) >= 11 is 0. The summed E-state index contributed by atoms with van der Waals surface area (Å²) in [4.78, 5) is 21.9. The minimum absolute atomic E-state index is 0.164. The largest absolute Gasteiger partial charge is 0.481 e. The lowest BCUT2D eigenvalue weighted by atomic mass is 10.1. The number of rotatable bonds is 4. The van der Waals surface area contributed by atoms with Crippen LogP contribution in [0.2, 0.25) is 0 Å². The quantitative estimate of drug-likeness (QED) is 0.601. The first kappa shape index (κ1) is 11.6. The van der Waals surface area contributed by atoms with Crippen molar-refractivity contribution in [2.45, 2.75) is 25.8 Å². The molecule has 1 rings (SSSR count). The van der Waals surface area contributed by atoms with Gasteiger partial charge in [-0.15, -0.1) is 0 Å². The van der Waals surface area contributed by atoms with Gasteiger partial charge in [0.25, 0.3) is 0 Å². The van der Waals surface area contributed by atoms with Crippen molar-refractivity contribution >= 4 is 12.0 Å². The molecule has 15 heavy (non-hydrogen) atoms. The van der Waals surface area contributed by atoms with E-state index in [2.05, 4.69) is 10.6 Å². The van der Waals surface area contributed by atoms with Crippen LogP contribution in [0.15, 0.2) is 12.2 Å². The van der Waals surface area contributed by atoms with Crippen molar-refractivity contribution in [2.75, 3.05) is 6.54 Å². The molecule has 0 aromatic rings. The molecule has 0 bridgehead atoms. The molecule has 0 radical (unpaired) electrons. The van der Waals surface area contributed by atoms with Crippen LogP contribution in [-0.2, 0) is 4.79 Å². The molecular formula is C10H16N2O3. The SMILES string of the molecule is CCCNC(=O)NC1C=CC(C(=O)O)C1. The first-order valence-corrected chi connectivity index (χ1v) is 5.09. The third-order valence-electron chi connectivity index (χ3n) is 2.25. The average Bonchev–Trinajstić information content (AvgIpc) is 2.63. The second-order valence-electron chi connectivity index (χ2n) is 3.57. The first-order valence-electron chi connectivity index (χ1n) is 5.09. The van der Waals surface area contributed by atoms with Crippen LogP contribution in [0.1, 0.15) is 19.8 Å². The van der Waals surface area contributed by atoms with Gasteiger partial charge in [0, 0.05) is 6.54 Å². The van der Waals surface area contributed by atoms with Gasteiger partial charge in [0.1, 0.15) is 0 Å². The predicted octanol–water partition coefficient (Wildman–Crippen LogP) is 0.725. The average molecular weight is 212 g/mol. The van der Waals surface area contributed by atoms with Crippen molar-refractivity contribution in [3.63, 3.8) is 0 Å². The maximum Gasteiger partial charge on any atom is 0.315 e. The Kier molecular flexibility index (Phi) is 4.15. The molecule has 0 aromatic heterocycles. The van der Waals surface area contributed by atoms with Gasteiger partial charge in [-0.1, -0.05) is 19.1 Å². The molecular weight excluding hydrogens is 196 g/mol. The van der Waals surface area contributed by atoms with E-state index in [1.165, 1.54) is 0 Å². The van der Waals surface area contributed by atoms with Gasteiger partial charge >= 0.3 is 12.0 Å². The minimum Gasteiger partial charge on any atom is -0.481 e. The van der Waals surface area contributed by atoms with E-state index in [1.54, 1.807) is 12.2 Å². The molecule has 0 saturated heterocycles. The summed E-state index contributed by atoms with van der Waals surface area (Å²) in [7, 11) is 0. The lowest BCUT2D eigenvalue weighted by Gasteiger charge is -2.12. The number of aliphatic carboxylic acids is 1. The van der Waals surface area contributed by atoms with Gasteiger partial charge < -0.3 is 15.7 Å². The van der Waals surface area contributed by atoms with Gasteiger partial charge in [0.15, 0.2) is 0 Å². The van der Waals surface area contributed by atoms with E-state index in [9.17, 15) is 9.59 Å². The number of carbonyl (C=O) groups is 2. The van der Waals surface area contributed by atoms with Gasteiger partial charge in [-0.05, 0) is 12.8 Å². The van der Waals surface area contributed by atoms with E-state index < -0.39 is 11.9 Å². The van der Waals surface area contributed by atoms with Crippen molar-refractivity contribution in [2.24, 2.45) is 5.92 Å². The highest BCUT2D eigenvalue weighted by molar-refractivity contribution is 5.76. The number of amides is 2. The second-order valence-corrected chi connectivity index (χ2v) is 3.57. The highest BCUT2D eigenvalue weighted by Crippen LogP contribution is 2.17. The molecule has 0 heterocycles. The zero-order valence-electron chi connectivity index (χ0n) is 8.69. The Bertz CT molecular complexity index is 276. The summed E-state index contributed by atoms with van der Waals surface area (Å²) in [5.41, 5.74) is 0. The Balaban J connectivity index is 2.27. The molecule has 2 amide bonds. The first-order chi connectivity index (χ1) is 7.13. The van der Waals surface area contributed by atoms with E-state index in [0.29, 0.717) is 13.0 Å². The molecule has 0 aliphatic heterocycles. The lowest BCUT2D eigenvalue weighted by Crippen LogP contribution is -2.41. The number of carboxylic acids is 1. The van der Waals surface area contributed by atoms with Crippen LogP contribution in [-0.4, -0.2) is 29.7 Å². The number of carbonyl (C=O) groups excluding carboxylic acids is 1. The zero-order chi connectivity index (χ0) is 11.3. The monoisotopic (exact) mass is 212 g/mol. The van der Waals surface area contributed by atoms with Crippen LogP contribution in [0.5, 0.6) is 0 Å². The van der Waals surface area contributed by atoms with E-state index in [1.807, 2.05) is 6.92 Å². The Morgan fingerprint density at radius 1 is 1.47 bits per heavy atom. The fraction of sp³-hybridized carbons (Fsp3) is 0.600. The number of urea groups is 1. The summed E-state index contributed by atoms with van der Waals surface area (Å²) < 4.78 is 0. The summed E-state index contributed by atoms with van der Waals surface area (Å²) in [6.07, 6.45) is 4.66. The van der Waals surface area contributed by atoms with Crippen LogP contribution in [0.4, 0.5) is 4.79 Å². The van der Waals surface area contributed by atoms with Crippen molar-refractivity contribution in [1.82, 2.24) is 10.6 Å². The van der Waals surface area contributed by atoms with E-state index in [0.717, 1.165) is 6.42 Å². The molecule has 1 aliphatic carbocycles. The fourth-order valence-electron chi connectivity index (χ4n) is 1.45. The van der Waals surface area contributed by atoms with E-state index in [4.69, 9.17) is 5.11 Å². The standard InChI is InChI=1S/C10H16N2O3/c1-2-5-11-10(15)12-8-4-3-7(6-8)9(13)14/h3-4,7-8H,2,5-6H2,1H3,(H,13,14)(H2,11,12,15). The normalized spacial score (nSPS) is 23.8. The smallest absolute Gasteiger partial charge is 0.315 e. The maximum absolute atomic E-state index is 11.2. The number of nitrogens with one attached hydrogen (secondary N) is 2. The van der Waals surface area contributed by atoms with Crippen LogP contribution in [0.3, 0.4) is 0 Å². The highest BCUT2D eigenvalue weighted by Gasteiger charge is 2.25. The third kappa shape index (κ3) is 3.61.